The number of carbonyl (C=O) groups is 2. The molecule has 32 heavy (non-hydrogen) atoms. The molecule has 184 valence electrons. The van der Waals surface area contributed by atoms with Crippen molar-refractivity contribution in [2.45, 2.75) is 148 Å². The number of rotatable bonds is 25. The third-order valence-corrected chi connectivity index (χ3v) is 6.08. The fourth-order valence-electron chi connectivity index (χ4n) is 4.07. The number of carbonyl (C=O) groups excluding carboxylic acids is 1. The van der Waals surface area contributed by atoms with Crippen LogP contribution in [0.5, 0.6) is 0 Å². The third kappa shape index (κ3) is 26.2. The zero-order chi connectivity index (χ0) is 23.0. The molecule has 0 aliphatic heterocycles. The van der Waals surface area contributed by atoms with Crippen molar-refractivity contribution in [3.05, 3.63) is 0 Å². The van der Waals surface area contributed by atoms with Crippen LogP contribution in [-0.2, 0) is 9.59 Å². The largest absolute Gasteiger partial charge is 1.00 e. The van der Waals surface area contributed by atoms with Gasteiger partial charge in [0.05, 0.1) is 18.4 Å². The molecule has 5 nitrogen and oxygen atoms in total. The summed E-state index contributed by atoms with van der Waals surface area (Å²) in [5.41, 5.74) is 0. The van der Waals surface area contributed by atoms with E-state index >= 15 is 0 Å². The van der Waals surface area contributed by atoms with Gasteiger partial charge in [-0.2, -0.15) is 0 Å². The zero-order valence-electron chi connectivity index (χ0n) is 21.3. The van der Waals surface area contributed by atoms with Gasteiger partial charge in [-0.15, -0.1) is 0 Å². The number of hydrogen-bond acceptors (Lipinski definition) is 4. The van der Waals surface area contributed by atoms with E-state index in [1.54, 1.807) is 0 Å². The maximum Gasteiger partial charge on any atom is 1.00 e. The number of unbranched alkanes of at least 4 members (excludes halogenated alkanes) is 19. The van der Waals surface area contributed by atoms with Crippen LogP contribution < -0.4 is 40.0 Å². The fourth-order valence-corrected chi connectivity index (χ4v) is 4.07. The summed E-state index contributed by atoms with van der Waals surface area (Å²) in [6.07, 6.45) is 26.2. The molecule has 0 bridgehead atoms. The van der Waals surface area contributed by atoms with Gasteiger partial charge in [-0.05, 0) is 13.0 Å². The van der Waals surface area contributed by atoms with E-state index in [1.165, 1.54) is 109 Å². The molecule has 0 amide bonds. The second-order valence-corrected chi connectivity index (χ2v) is 9.14. The molecule has 0 aromatic heterocycles. The Bertz CT molecular complexity index is 421. The summed E-state index contributed by atoms with van der Waals surface area (Å²) in [5.74, 6) is -2.46. The summed E-state index contributed by atoms with van der Waals surface area (Å²) in [7, 11) is 0. The van der Waals surface area contributed by atoms with Gasteiger partial charge in [0.1, 0.15) is 0 Å². The fraction of sp³-hybridized carbons (Fsp3) is 0.923. The molecule has 0 saturated heterocycles. The molecule has 1 atom stereocenters. The third-order valence-electron chi connectivity index (χ3n) is 6.08. The number of nitrogens with one attached hydrogen (secondary N) is 1. The van der Waals surface area contributed by atoms with E-state index in [0.29, 0.717) is 6.54 Å². The molecule has 0 aromatic carbocycles. The van der Waals surface area contributed by atoms with Crippen LogP contribution >= 0.6 is 0 Å². The van der Waals surface area contributed by atoms with Gasteiger partial charge in [0.15, 0.2) is 0 Å². The van der Waals surface area contributed by atoms with Crippen LogP contribution in [0.4, 0.5) is 0 Å². The summed E-state index contributed by atoms with van der Waals surface area (Å²) in [6, 6.07) is -1.09. The van der Waals surface area contributed by atoms with Crippen molar-refractivity contribution < 1.29 is 49.4 Å². The van der Waals surface area contributed by atoms with Gasteiger partial charge in [0, 0.05) is 0 Å². The molecule has 0 fully saturated rings. The van der Waals surface area contributed by atoms with E-state index in [1.807, 2.05) is 0 Å². The van der Waals surface area contributed by atoms with Gasteiger partial charge in [-0.25, -0.2) is 0 Å². The first kappa shape index (κ1) is 34.1. The Morgan fingerprint density at radius 1 is 0.656 bits per heavy atom. The van der Waals surface area contributed by atoms with Crippen molar-refractivity contribution in [2.24, 2.45) is 0 Å². The van der Waals surface area contributed by atoms with Crippen molar-refractivity contribution in [3.63, 3.8) is 0 Å². The summed E-state index contributed by atoms with van der Waals surface area (Å²) in [6.45, 7) is 2.81. The quantitative estimate of drug-likeness (QED) is 0.160. The predicted molar refractivity (Wildman–Crippen MR) is 127 cm³/mol. The Hall–Kier alpha value is -0.100. The molecule has 0 unspecified atom stereocenters. The Kier molecular flexibility index (Phi) is 28.9. The minimum atomic E-state index is -1.34. The zero-order valence-corrected chi connectivity index (χ0v) is 23.3. The number of aliphatic carboxylic acids is 2. The average Bonchev–Trinajstić information content (AvgIpc) is 2.73. The van der Waals surface area contributed by atoms with Crippen LogP contribution in [0, 0.1) is 0 Å². The minimum absolute atomic E-state index is 0. The molecule has 2 N–H and O–H groups in total. The second kappa shape index (κ2) is 27.1. The molecule has 0 radical (unpaired) electrons. The maximum atomic E-state index is 10.8. The van der Waals surface area contributed by atoms with Gasteiger partial charge in [-0.3, -0.25) is 4.79 Å². The van der Waals surface area contributed by atoms with Crippen molar-refractivity contribution in [3.8, 4) is 0 Å². The minimum Gasteiger partial charge on any atom is -0.548 e. The van der Waals surface area contributed by atoms with Gasteiger partial charge in [-0.1, -0.05) is 129 Å². The molecule has 6 heteroatoms. The monoisotopic (exact) mass is 463 g/mol. The number of carboxylic acids is 2. The molecule has 0 aliphatic rings. The van der Waals surface area contributed by atoms with Crippen LogP contribution in [0.25, 0.3) is 0 Å². The van der Waals surface area contributed by atoms with Crippen molar-refractivity contribution in [1.29, 1.82) is 0 Å². The van der Waals surface area contributed by atoms with Crippen LogP contribution in [0.2, 0.25) is 0 Å². The summed E-state index contributed by atoms with van der Waals surface area (Å²) < 4.78 is 0. The first-order valence-corrected chi connectivity index (χ1v) is 13.2. The summed E-state index contributed by atoms with van der Waals surface area (Å²) in [5, 5.41) is 22.3. The molecule has 0 rings (SSSR count). The van der Waals surface area contributed by atoms with E-state index in [0.717, 1.165) is 19.3 Å². The van der Waals surface area contributed by atoms with Crippen molar-refractivity contribution in [2.75, 3.05) is 6.54 Å². The number of carboxylic acid groups (broad SMARTS) is 2. The van der Waals surface area contributed by atoms with E-state index < -0.39 is 24.4 Å². The maximum absolute atomic E-state index is 10.8. The summed E-state index contributed by atoms with van der Waals surface area (Å²) >= 11 is 0. The Morgan fingerprint density at radius 3 is 1.25 bits per heavy atom. The van der Waals surface area contributed by atoms with E-state index in [9.17, 15) is 14.7 Å². The molecule has 0 aliphatic carbocycles. The van der Waals surface area contributed by atoms with Crippen LogP contribution in [0.3, 0.4) is 0 Å². The smallest absolute Gasteiger partial charge is 0.548 e. The van der Waals surface area contributed by atoms with E-state index in [2.05, 4.69) is 12.2 Å². The Morgan fingerprint density at radius 2 is 0.969 bits per heavy atom. The number of hydrogen-bond donors (Lipinski definition) is 2. The Labute approximate surface area is 220 Å². The van der Waals surface area contributed by atoms with Crippen LogP contribution in [0.15, 0.2) is 0 Å². The molecular formula is C26H50NNaO4. The van der Waals surface area contributed by atoms with Crippen LogP contribution in [-0.4, -0.2) is 29.6 Å². The topological polar surface area (TPSA) is 89.5 Å². The second-order valence-electron chi connectivity index (χ2n) is 9.14. The van der Waals surface area contributed by atoms with E-state index in [-0.39, 0.29) is 29.6 Å². The molecule has 0 spiro atoms. The average molecular weight is 464 g/mol. The van der Waals surface area contributed by atoms with Gasteiger partial charge in [0.2, 0.25) is 0 Å². The standard InChI is InChI=1S/C26H51NO4.Na/c1-2-3-4-5-6-7-8-9-10-11-12-13-14-15-16-17-18-19-20-21-22-27-24(26(30)31)23-25(28)29;/h24,27H,2-23H2,1H3,(H,28,29)(H,30,31);/q;+1/p-1/t24-;/m0./s1. The van der Waals surface area contributed by atoms with Crippen molar-refractivity contribution in [1.82, 2.24) is 5.32 Å². The molecule has 0 heterocycles. The van der Waals surface area contributed by atoms with Gasteiger partial charge >= 0.3 is 35.5 Å². The van der Waals surface area contributed by atoms with Crippen LogP contribution in [0.1, 0.15) is 142 Å². The molecular weight excluding hydrogens is 413 g/mol. The van der Waals surface area contributed by atoms with Gasteiger partial charge in [0.25, 0.3) is 0 Å². The molecule has 0 saturated carbocycles. The predicted octanol–water partition coefficient (Wildman–Crippen LogP) is 3.00. The SMILES string of the molecule is CCCCCCCCCCCCCCCCCCCCCCN[C@@H](CC(=O)O)C(=O)[O-].[Na+]. The Balaban J connectivity index is 0. The summed E-state index contributed by atoms with van der Waals surface area (Å²) in [4.78, 5) is 21.4. The van der Waals surface area contributed by atoms with Crippen molar-refractivity contribution >= 4 is 11.9 Å². The van der Waals surface area contributed by atoms with E-state index in [4.69, 9.17) is 5.11 Å². The first-order chi connectivity index (χ1) is 15.1. The molecule has 0 aromatic rings. The normalized spacial score (nSPS) is 11.8. The van der Waals surface area contributed by atoms with Gasteiger partial charge < -0.3 is 20.3 Å². The first-order valence-electron chi connectivity index (χ1n) is 13.2.